The number of aliphatic hydroxyl groups excluding tert-OH is 1. The van der Waals surface area contributed by atoms with Crippen LogP contribution in [0.25, 0.3) is 5.76 Å². The summed E-state index contributed by atoms with van der Waals surface area (Å²) in [6.07, 6.45) is 0. The van der Waals surface area contributed by atoms with E-state index in [-0.39, 0.29) is 24.5 Å². The van der Waals surface area contributed by atoms with E-state index in [1.807, 2.05) is 81.4 Å². The summed E-state index contributed by atoms with van der Waals surface area (Å²) < 4.78 is 11.2. The summed E-state index contributed by atoms with van der Waals surface area (Å²) in [5.41, 5.74) is 5.51. The summed E-state index contributed by atoms with van der Waals surface area (Å²) in [4.78, 5) is 27.7. The maximum atomic E-state index is 13.2. The van der Waals surface area contributed by atoms with Gasteiger partial charge in [0, 0.05) is 19.2 Å². The number of ketones is 1. The predicted octanol–water partition coefficient (Wildman–Crippen LogP) is 5.26. The molecule has 3 aromatic carbocycles. The highest BCUT2D eigenvalue weighted by atomic mass is 16.5. The Morgan fingerprint density at radius 3 is 2.39 bits per heavy atom. The lowest BCUT2D eigenvalue weighted by atomic mass is 9.94. The molecular weight excluding hydrogens is 454 g/mol. The smallest absolute Gasteiger partial charge is 0.295 e. The summed E-state index contributed by atoms with van der Waals surface area (Å²) >= 11 is 0. The molecule has 1 unspecified atom stereocenters. The summed E-state index contributed by atoms with van der Waals surface area (Å²) in [6.45, 7) is 6.81. The van der Waals surface area contributed by atoms with E-state index < -0.39 is 17.7 Å². The Bertz CT molecular complexity index is 1310. The molecule has 1 aliphatic heterocycles. The average molecular weight is 486 g/mol. The zero-order chi connectivity index (χ0) is 25.8. The van der Waals surface area contributed by atoms with Gasteiger partial charge in [-0.15, -0.1) is 0 Å². The zero-order valence-electron chi connectivity index (χ0n) is 21.1. The van der Waals surface area contributed by atoms with Crippen LogP contribution in [0.1, 0.15) is 39.4 Å². The topological polar surface area (TPSA) is 76.1 Å². The van der Waals surface area contributed by atoms with Crippen molar-refractivity contribution in [3.63, 3.8) is 0 Å². The van der Waals surface area contributed by atoms with Gasteiger partial charge in [-0.1, -0.05) is 54.1 Å². The molecule has 4 rings (SSSR count). The molecule has 6 nitrogen and oxygen atoms in total. The van der Waals surface area contributed by atoms with Gasteiger partial charge in [0.05, 0.1) is 18.2 Å². The number of benzene rings is 3. The maximum Gasteiger partial charge on any atom is 0.295 e. The van der Waals surface area contributed by atoms with E-state index in [0.717, 1.165) is 16.7 Å². The molecule has 1 N–H and O–H groups in total. The standard InChI is InChI=1S/C30H31NO5/c1-19-8-11-22(12-9-19)18-36-25-7-5-6-23(17-25)27-26(29(33)30(34)31(27)14-15-35-4)28(32)24-13-10-20(2)21(3)16-24/h5-13,16-17,27,32H,14-15,18H2,1-4H3/b28-26-. The van der Waals surface area contributed by atoms with Crippen LogP contribution in [-0.4, -0.2) is 42.0 Å². The van der Waals surface area contributed by atoms with Crippen LogP contribution < -0.4 is 4.74 Å². The van der Waals surface area contributed by atoms with E-state index in [4.69, 9.17) is 9.47 Å². The number of methoxy groups -OCH3 is 1. The summed E-state index contributed by atoms with van der Waals surface area (Å²) in [5, 5.41) is 11.3. The number of carbonyl (C=O) groups is 2. The Hall–Kier alpha value is -3.90. The van der Waals surface area contributed by atoms with Crippen LogP contribution in [0.4, 0.5) is 0 Å². The Kier molecular flexibility index (Phi) is 7.55. The monoisotopic (exact) mass is 485 g/mol. The van der Waals surface area contributed by atoms with Crippen LogP contribution in [0.15, 0.2) is 72.3 Å². The van der Waals surface area contributed by atoms with E-state index in [1.54, 1.807) is 13.2 Å². The van der Waals surface area contributed by atoms with E-state index in [9.17, 15) is 14.7 Å². The number of rotatable bonds is 8. The van der Waals surface area contributed by atoms with Gasteiger partial charge in [-0.05, 0) is 61.2 Å². The molecule has 6 heteroatoms. The molecule has 186 valence electrons. The molecule has 1 atom stereocenters. The number of nitrogens with zero attached hydrogens (tertiary/aromatic N) is 1. The van der Waals surface area contributed by atoms with Crippen LogP contribution in [0.5, 0.6) is 5.75 Å². The van der Waals surface area contributed by atoms with Gasteiger partial charge in [-0.25, -0.2) is 0 Å². The van der Waals surface area contributed by atoms with Gasteiger partial charge in [0.2, 0.25) is 0 Å². The fourth-order valence-electron chi connectivity index (χ4n) is 4.32. The number of carbonyl (C=O) groups excluding carboxylic acids is 2. The lowest BCUT2D eigenvalue weighted by Crippen LogP contribution is -2.32. The van der Waals surface area contributed by atoms with Crippen LogP contribution in [0, 0.1) is 20.8 Å². The quantitative estimate of drug-likeness (QED) is 0.268. The second-order valence-corrected chi connectivity index (χ2v) is 9.13. The van der Waals surface area contributed by atoms with Crippen molar-refractivity contribution in [3.8, 4) is 5.75 Å². The number of ether oxygens (including phenoxy) is 2. The third-order valence-electron chi connectivity index (χ3n) is 6.56. The van der Waals surface area contributed by atoms with Gasteiger partial charge in [0.1, 0.15) is 18.1 Å². The minimum atomic E-state index is -0.760. The first-order chi connectivity index (χ1) is 17.3. The van der Waals surface area contributed by atoms with Crippen LogP contribution >= 0.6 is 0 Å². The molecule has 0 aliphatic carbocycles. The van der Waals surface area contributed by atoms with Gasteiger partial charge in [0.25, 0.3) is 11.7 Å². The van der Waals surface area contributed by atoms with E-state index in [1.165, 1.54) is 10.5 Å². The van der Waals surface area contributed by atoms with Crippen molar-refractivity contribution in [1.82, 2.24) is 4.90 Å². The van der Waals surface area contributed by atoms with Crippen molar-refractivity contribution >= 4 is 17.4 Å². The first-order valence-corrected chi connectivity index (χ1v) is 11.9. The van der Waals surface area contributed by atoms with E-state index in [0.29, 0.717) is 23.5 Å². The van der Waals surface area contributed by atoms with Crippen molar-refractivity contribution in [2.75, 3.05) is 20.3 Å². The number of likely N-dealkylation sites (tertiary alicyclic amines) is 1. The van der Waals surface area contributed by atoms with Crippen LogP contribution in [0.2, 0.25) is 0 Å². The maximum absolute atomic E-state index is 13.2. The summed E-state index contributed by atoms with van der Waals surface area (Å²) in [7, 11) is 1.54. The molecule has 3 aromatic rings. The normalized spacial score (nSPS) is 17.0. The molecule has 0 saturated carbocycles. The number of amides is 1. The predicted molar refractivity (Wildman–Crippen MR) is 139 cm³/mol. The summed E-state index contributed by atoms with van der Waals surface area (Å²) in [5.74, 6) is -0.949. The largest absolute Gasteiger partial charge is 0.507 e. The highest BCUT2D eigenvalue weighted by Gasteiger charge is 2.46. The van der Waals surface area contributed by atoms with Crippen molar-refractivity contribution in [3.05, 3.63) is 106 Å². The van der Waals surface area contributed by atoms with E-state index in [2.05, 4.69) is 0 Å². The number of aryl methyl sites for hydroxylation is 3. The van der Waals surface area contributed by atoms with Crippen molar-refractivity contribution in [1.29, 1.82) is 0 Å². The van der Waals surface area contributed by atoms with Gasteiger partial charge in [-0.2, -0.15) is 0 Å². The van der Waals surface area contributed by atoms with Crippen molar-refractivity contribution in [2.45, 2.75) is 33.4 Å². The van der Waals surface area contributed by atoms with Crippen LogP contribution in [-0.2, 0) is 20.9 Å². The molecule has 0 radical (unpaired) electrons. The molecule has 1 fully saturated rings. The van der Waals surface area contributed by atoms with Crippen molar-refractivity contribution in [2.24, 2.45) is 0 Å². The second kappa shape index (κ2) is 10.8. The number of hydrogen-bond donors (Lipinski definition) is 1. The Balaban J connectivity index is 1.73. The average Bonchev–Trinajstić information content (AvgIpc) is 3.13. The third-order valence-corrected chi connectivity index (χ3v) is 6.56. The highest BCUT2D eigenvalue weighted by molar-refractivity contribution is 6.46. The highest BCUT2D eigenvalue weighted by Crippen LogP contribution is 2.40. The van der Waals surface area contributed by atoms with Gasteiger partial charge < -0.3 is 19.5 Å². The lowest BCUT2D eigenvalue weighted by molar-refractivity contribution is -0.140. The number of aliphatic hydroxyl groups is 1. The first-order valence-electron chi connectivity index (χ1n) is 11.9. The van der Waals surface area contributed by atoms with Gasteiger partial charge in [-0.3, -0.25) is 9.59 Å². The fraction of sp³-hybridized carbons (Fsp3) is 0.267. The molecule has 1 heterocycles. The second-order valence-electron chi connectivity index (χ2n) is 9.13. The van der Waals surface area contributed by atoms with Gasteiger partial charge >= 0.3 is 0 Å². The lowest BCUT2D eigenvalue weighted by Gasteiger charge is -2.25. The van der Waals surface area contributed by atoms with Gasteiger partial charge in [0.15, 0.2) is 0 Å². The molecule has 0 spiro atoms. The third kappa shape index (κ3) is 5.19. The minimum Gasteiger partial charge on any atom is -0.507 e. The molecule has 36 heavy (non-hydrogen) atoms. The molecule has 0 bridgehead atoms. The fourth-order valence-corrected chi connectivity index (χ4v) is 4.32. The number of hydrogen-bond acceptors (Lipinski definition) is 5. The van der Waals surface area contributed by atoms with E-state index >= 15 is 0 Å². The van der Waals surface area contributed by atoms with Crippen molar-refractivity contribution < 1.29 is 24.2 Å². The molecule has 1 amide bonds. The SMILES string of the molecule is COCCN1C(=O)C(=O)/C(=C(\O)c2ccc(C)c(C)c2)C1c1cccc(OCc2ccc(C)cc2)c1. The molecular formula is C30H31NO5. The first kappa shape index (κ1) is 25.2. The number of Topliss-reactive ketones (excluding diaryl/α,β-unsaturated/α-hetero) is 1. The Labute approximate surface area is 211 Å². The summed E-state index contributed by atoms with van der Waals surface area (Å²) in [6, 6.07) is 20.1. The molecule has 0 aromatic heterocycles. The molecule has 1 aliphatic rings. The minimum absolute atomic E-state index is 0.0649. The zero-order valence-corrected chi connectivity index (χ0v) is 21.1. The molecule has 1 saturated heterocycles. The van der Waals surface area contributed by atoms with Crippen LogP contribution in [0.3, 0.4) is 0 Å². The Morgan fingerprint density at radius 2 is 1.69 bits per heavy atom. The Morgan fingerprint density at radius 1 is 0.944 bits per heavy atom.